The zero-order chi connectivity index (χ0) is 21.1. The molecule has 3 N–H and O–H groups in total. The molecule has 1 aliphatic carbocycles. The Morgan fingerprint density at radius 3 is 1.50 bits per heavy atom. The number of rotatable bonds is 7. The van der Waals surface area contributed by atoms with Gasteiger partial charge >= 0.3 is 11.9 Å². The Kier molecular flexibility index (Phi) is 43.2. The van der Waals surface area contributed by atoms with Crippen LogP contribution in [0.2, 0.25) is 0 Å². The fraction of sp³-hybridized carbons (Fsp3) is 0.789. The number of aliphatic hydroxyl groups is 2. The number of esters is 1. The van der Waals surface area contributed by atoms with Crippen molar-refractivity contribution in [3.05, 3.63) is 12.8 Å². The monoisotopic (exact) mass is 380 g/mol. The molecule has 0 aromatic rings. The lowest BCUT2D eigenvalue weighted by Crippen LogP contribution is -2.01. The summed E-state index contributed by atoms with van der Waals surface area (Å²) in [5.41, 5.74) is 0. The van der Waals surface area contributed by atoms with E-state index in [0.717, 1.165) is 33.7 Å². The van der Waals surface area contributed by atoms with E-state index in [0.29, 0.717) is 6.42 Å². The lowest BCUT2D eigenvalue weighted by atomic mass is 10.0. The van der Waals surface area contributed by atoms with E-state index >= 15 is 0 Å². The van der Waals surface area contributed by atoms with Gasteiger partial charge in [0.25, 0.3) is 0 Å². The van der Waals surface area contributed by atoms with Crippen LogP contribution in [0.1, 0.15) is 71.6 Å². The van der Waals surface area contributed by atoms with Gasteiger partial charge in [-0.25, -0.2) is 0 Å². The molecule has 0 unspecified atom stereocenters. The van der Waals surface area contributed by atoms with Crippen molar-refractivity contribution in [2.45, 2.75) is 71.6 Å². The van der Waals surface area contributed by atoms with Crippen molar-refractivity contribution in [1.29, 1.82) is 0 Å². The molecule has 0 aromatic heterocycles. The molecule has 0 atom stereocenters. The van der Waals surface area contributed by atoms with Gasteiger partial charge in [0.15, 0.2) is 0 Å². The van der Waals surface area contributed by atoms with Gasteiger partial charge in [0, 0.05) is 40.3 Å². The van der Waals surface area contributed by atoms with E-state index in [1.165, 1.54) is 38.5 Å². The standard InChI is InChI=1S/C7H10O4.C6H12.C4H10O.2CH4O/c1-2-11-7(10)5-3-4-6(8)9;1-2-4-6-5-3-1;1-3-5-4-2;2*1-2/h2H,1,3-5H2,(H,8,9);1-6H2;3-4H2,1-2H3;2*2H,1H3. The van der Waals surface area contributed by atoms with E-state index in [9.17, 15) is 9.59 Å². The fourth-order valence-corrected chi connectivity index (χ4v) is 1.80. The number of carboxylic acid groups (broad SMARTS) is 1. The molecule has 0 bridgehead atoms. The Bertz CT molecular complexity index is 264. The van der Waals surface area contributed by atoms with Gasteiger partial charge < -0.3 is 24.8 Å². The van der Waals surface area contributed by atoms with Gasteiger partial charge in [-0.3, -0.25) is 9.59 Å². The Balaban J connectivity index is -0.000000136. The fourth-order valence-electron chi connectivity index (χ4n) is 1.80. The van der Waals surface area contributed by atoms with Crippen molar-refractivity contribution in [2.24, 2.45) is 0 Å². The molecule has 158 valence electrons. The topological polar surface area (TPSA) is 113 Å². The molecule has 1 rings (SSSR count). The summed E-state index contributed by atoms with van der Waals surface area (Å²) >= 11 is 0. The Morgan fingerprint density at radius 1 is 0.885 bits per heavy atom. The van der Waals surface area contributed by atoms with Crippen LogP contribution in [0, 0.1) is 0 Å². The highest BCUT2D eigenvalue weighted by Gasteiger charge is 2.02. The van der Waals surface area contributed by atoms with E-state index in [1.54, 1.807) is 0 Å². The number of carbonyl (C=O) groups excluding carboxylic acids is 1. The minimum Gasteiger partial charge on any atom is -0.481 e. The van der Waals surface area contributed by atoms with Crippen molar-refractivity contribution in [2.75, 3.05) is 27.4 Å². The third kappa shape index (κ3) is 43.3. The van der Waals surface area contributed by atoms with Crippen molar-refractivity contribution < 1.29 is 34.4 Å². The number of aliphatic hydroxyl groups excluding tert-OH is 2. The van der Waals surface area contributed by atoms with Gasteiger partial charge in [-0.2, -0.15) is 0 Å². The highest BCUT2D eigenvalue weighted by molar-refractivity contribution is 5.71. The molecule has 7 heteroatoms. The van der Waals surface area contributed by atoms with E-state index in [1.807, 2.05) is 13.8 Å². The number of ether oxygens (including phenoxy) is 2. The Hall–Kier alpha value is -1.44. The van der Waals surface area contributed by atoms with Gasteiger partial charge in [-0.1, -0.05) is 45.1 Å². The molecular formula is C19H40O7. The minimum atomic E-state index is -0.906. The van der Waals surface area contributed by atoms with Crippen LogP contribution in [0.25, 0.3) is 0 Å². The van der Waals surface area contributed by atoms with Crippen LogP contribution < -0.4 is 0 Å². The first kappa shape index (κ1) is 32.3. The number of aliphatic carboxylic acids is 1. The number of hydrogen-bond donors (Lipinski definition) is 3. The molecule has 7 nitrogen and oxygen atoms in total. The second-order valence-corrected chi connectivity index (χ2v) is 4.81. The first-order valence-electron chi connectivity index (χ1n) is 9.07. The van der Waals surface area contributed by atoms with Crippen LogP contribution in [-0.2, 0) is 19.1 Å². The second-order valence-electron chi connectivity index (χ2n) is 4.81. The van der Waals surface area contributed by atoms with Crippen molar-refractivity contribution in [1.82, 2.24) is 0 Å². The van der Waals surface area contributed by atoms with Crippen LogP contribution in [0.15, 0.2) is 12.8 Å². The molecule has 0 aromatic carbocycles. The second kappa shape index (κ2) is 34.8. The quantitative estimate of drug-likeness (QED) is 0.457. The van der Waals surface area contributed by atoms with Gasteiger partial charge in [0.1, 0.15) is 0 Å². The highest BCUT2D eigenvalue weighted by atomic mass is 16.5. The summed E-state index contributed by atoms with van der Waals surface area (Å²) in [5.74, 6) is -1.35. The molecular weight excluding hydrogens is 340 g/mol. The predicted molar refractivity (Wildman–Crippen MR) is 104 cm³/mol. The predicted octanol–water partition coefficient (Wildman–Crippen LogP) is 3.53. The average Bonchev–Trinajstić information content (AvgIpc) is 2.68. The molecule has 0 aliphatic heterocycles. The molecule has 1 saturated carbocycles. The van der Waals surface area contributed by atoms with E-state index < -0.39 is 11.9 Å². The van der Waals surface area contributed by atoms with Crippen molar-refractivity contribution in [3.63, 3.8) is 0 Å². The molecule has 26 heavy (non-hydrogen) atoms. The first-order valence-corrected chi connectivity index (χ1v) is 9.07. The van der Waals surface area contributed by atoms with E-state index in [2.05, 4.69) is 11.3 Å². The van der Waals surface area contributed by atoms with Gasteiger partial charge in [-0.15, -0.1) is 0 Å². The summed E-state index contributed by atoms with van der Waals surface area (Å²) in [6.45, 7) is 8.85. The molecule has 0 spiro atoms. The summed E-state index contributed by atoms with van der Waals surface area (Å²) in [6, 6.07) is 0. The first-order chi connectivity index (χ1) is 12.6. The smallest absolute Gasteiger partial charge is 0.310 e. The van der Waals surface area contributed by atoms with Crippen LogP contribution >= 0.6 is 0 Å². The molecule has 0 radical (unpaired) electrons. The maximum atomic E-state index is 10.5. The maximum absolute atomic E-state index is 10.5. The number of carbonyl (C=O) groups is 2. The van der Waals surface area contributed by atoms with Crippen LogP contribution in [0.5, 0.6) is 0 Å². The zero-order valence-electron chi connectivity index (χ0n) is 17.0. The molecule has 0 saturated heterocycles. The summed E-state index contributed by atoms with van der Waals surface area (Å²) in [5, 5.41) is 22.2. The van der Waals surface area contributed by atoms with Crippen molar-refractivity contribution >= 4 is 11.9 Å². The lowest BCUT2D eigenvalue weighted by Gasteiger charge is -2.05. The van der Waals surface area contributed by atoms with Crippen LogP contribution in [-0.4, -0.2) is 54.7 Å². The van der Waals surface area contributed by atoms with Gasteiger partial charge in [0.2, 0.25) is 0 Å². The average molecular weight is 381 g/mol. The Morgan fingerprint density at radius 2 is 1.27 bits per heavy atom. The summed E-state index contributed by atoms with van der Waals surface area (Å²) in [7, 11) is 2.00. The van der Waals surface area contributed by atoms with Gasteiger partial charge in [-0.05, 0) is 20.3 Å². The largest absolute Gasteiger partial charge is 0.481 e. The third-order valence-corrected chi connectivity index (χ3v) is 2.89. The van der Waals surface area contributed by atoms with Crippen LogP contribution in [0.4, 0.5) is 0 Å². The minimum absolute atomic E-state index is 0.00770. The molecule has 1 aliphatic rings. The number of hydrogen-bond acceptors (Lipinski definition) is 6. The summed E-state index contributed by atoms with van der Waals surface area (Å²) in [6.07, 6.45) is 10.5. The Labute approximate surface area is 159 Å². The zero-order valence-corrected chi connectivity index (χ0v) is 17.0. The third-order valence-electron chi connectivity index (χ3n) is 2.89. The summed E-state index contributed by atoms with van der Waals surface area (Å²) in [4.78, 5) is 20.5. The maximum Gasteiger partial charge on any atom is 0.310 e. The van der Waals surface area contributed by atoms with Crippen molar-refractivity contribution in [3.8, 4) is 0 Å². The molecule has 0 heterocycles. The lowest BCUT2D eigenvalue weighted by molar-refractivity contribution is -0.139. The number of carboxylic acids is 1. The van der Waals surface area contributed by atoms with E-state index in [-0.39, 0.29) is 12.8 Å². The molecule has 0 amide bonds. The summed E-state index contributed by atoms with van der Waals surface area (Å²) < 4.78 is 9.19. The van der Waals surface area contributed by atoms with Gasteiger partial charge in [0.05, 0.1) is 6.26 Å². The van der Waals surface area contributed by atoms with Crippen LogP contribution in [0.3, 0.4) is 0 Å². The normalized spacial score (nSPS) is 11.3. The van der Waals surface area contributed by atoms with E-state index in [4.69, 9.17) is 20.1 Å². The molecule has 1 fully saturated rings. The SMILES string of the molecule is C1CCCCC1.C=COC(=O)CCCC(=O)O.CCOCC.CO.CO. The highest BCUT2D eigenvalue weighted by Crippen LogP contribution is 2.15.